The molecule has 0 bridgehead atoms. The lowest BCUT2D eigenvalue weighted by Crippen LogP contribution is -2.37. The Morgan fingerprint density at radius 3 is 2.50 bits per heavy atom. The third kappa shape index (κ3) is 5.92. The number of pyridine rings is 3. The average Bonchev–Trinajstić information content (AvgIpc) is 2.93. The standard InChI is InChI=1S/C32H40N6O2/c1-20(17-27-22(3)34-13-9-29(27)38-16-12-26(33-6)19-30(38)39)24(5)37-14-10-25(11-15-37)31-21(2)18-28(35-23(31)4)32(40)36(7)8/h9-10,12-13,16-19,24,33H,11,14-15H2,1-8H3/b20-17+. The second-order valence-electron chi connectivity index (χ2n) is 10.7. The molecule has 0 spiro atoms. The molecular formula is C32H40N6O2. The molecule has 0 aromatic carbocycles. The zero-order valence-corrected chi connectivity index (χ0v) is 24.9. The monoisotopic (exact) mass is 540 g/mol. The van der Waals surface area contributed by atoms with Gasteiger partial charge in [-0.15, -0.1) is 0 Å². The van der Waals surface area contributed by atoms with Crippen LogP contribution >= 0.6 is 0 Å². The van der Waals surface area contributed by atoms with E-state index in [0.717, 1.165) is 59.0 Å². The number of aryl methyl sites for hydroxylation is 3. The molecule has 1 aliphatic rings. The minimum Gasteiger partial charge on any atom is -0.388 e. The van der Waals surface area contributed by atoms with Gasteiger partial charge in [-0.1, -0.05) is 17.7 Å². The fraction of sp³-hybridized carbons (Fsp3) is 0.375. The maximum absolute atomic E-state index is 12.9. The zero-order valence-electron chi connectivity index (χ0n) is 24.9. The molecule has 40 heavy (non-hydrogen) atoms. The second-order valence-corrected chi connectivity index (χ2v) is 10.7. The maximum Gasteiger partial charge on any atom is 0.271 e. The summed E-state index contributed by atoms with van der Waals surface area (Å²) in [7, 11) is 5.29. The first-order valence-electron chi connectivity index (χ1n) is 13.7. The van der Waals surface area contributed by atoms with E-state index in [2.05, 4.69) is 53.1 Å². The normalized spacial score (nSPS) is 15.0. The molecular weight excluding hydrogens is 500 g/mol. The highest BCUT2D eigenvalue weighted by Gasteiger charge is 2.23. The molecule has 4 heterocycles. The largest absolute Gasteiger partial charge is 0.388 e. The van der Waals surface area contributed by atoms with Crippen LogP contribution in [0.5, 0.6) is 0 Å². The predicted molar refractivity (Wildman–Crippen MR) is 163 cm³/mol. The van der Waals surface area contributed by atoms with Gasteiger partial charge in [-0.25, -0.2) is 4.98 Å². The van der Waals surface area contributed by atoms with Crippen molar-refractivity contribution < 1.29 is 4.79 Å². The summed E-state index contributed by atoms with van der Waals surface area (Å²) in [6.07, 6.45) is 8.92. The summed E-state index contributed by atoms with van der Waals surface area (Å²) >= 11 is 0. The van der Waals surface area contributed by atoms with Crippen molar-refractivity contribution in [2.45, 2.75) is 47.1 Å². The molecule has 3 aromatic heterocycles. The number of amides is 1. The summed E-state index contributed by atoms with van der Waals surface area (Å²) in [5.41, 5.74) is 9.44. The van der Waals surface area contributed by atoms with Crippen LogP contribution in [0.15, 0.2) is 53.1 Å². The Kier molecular flexibility index (Phi) is 8.69. The third-order valence-corrected chi connectivity index (χ3v) is 7.80. The quantitative estimate of drug-likeness (QED) is 0.460. The van der Waals surface area contributed by atoms with Crippen LogP contribution < -0.4 is 10.9 Å². The molecule has 1 unspecified atom stereocenters. The first-order chi connectivity index (χ1) is 19.0. The van der Waals surface area contributed by atoms with Crippen molar-refractivity contribution in [2.24, 2.45) is 0 Å². The highest BCUT2D eigenvalue weighted by atomic mass is 16.2. The lowest BCUT2D eigenvalue weighted by molar-refractivity contribution is 0.0821. The Bertz CT molecular complexity index is 1530. The number of rotatable bonds is 7. The van der Waals surface area contributed by atoms with Crippen LogP contribution in [0.1, 0.15) is 58.8 Å². The SMILES string of the molecule is CNc1ccn(-c2ccnc(C)c2/C=C(\C)C(C)N2CC=C(c3c(C)cc(C(=O)N(C)C)nc3C)CC2)c(=O)c1. The second kappa shape index (κ2) is 12.0. The van der Waals surface area contributed by atoms with Gasteiger partial charge >= 0.3 is 0 Å². The van der Waals surface area contributed by atoms with Crippen LogP contribution in [-0.2, 0) is 0 Å². The van der Waals surface area contributed by atoms with Crippen molar-refractivity contribution in [1.82, 2.24) is 24.3 Å². The van der Waals surface area contributed by atoms with Crippen molar-refractivity contribution >= 4 is 23.2 Å². The van der Waals surface area contributed by atoms with Gasteiger partial charge in [-0.05, 0) is 70.4 Å². The Labute approximate surface area is 237 Å². The van der Waals surface area contributed by atoms with E-state index in [1.807, 2.05) is 32.0 Å². The predicted octanol–water partition coefficient (Wildman–Crippen LogP) is 4.88. The van der Waals surface area contributed by atoms with E-state index in [1.165, 1.54) is 11.1 Å². The lowest BCUT2D eigenvalue weighted by Gasteiger charge is -2.33. The lowest BCUT2D eigenvalue weighted by atomic mass is 9.93. The van der Waals surface area contributed by atoms with Gasteiger partial charge in [-0.2, -0.15) is 0 Å². The molecule has 0 radical (unpaired) electrons. The van der Waals surface area contributed by atoms with Gasteiger partial charge in [0.25, 0.3) is 11.5 Å². The fourth-order valence-electron chi connectivity index (χ4n) is 5.34. The molecule has 1 aliphatic heterocycles. The average molecular weight is 541 g/mol. The molecule has 3 aromatic rings. The molecule has 0 fully saturated rings. The molecule has 0 aliphatic carbocycles. The minimum absolute atomic E-state index is 0.0792. The van der Waals surface area contributed by atoms with Gasteiger partial charge in [0.1, 0.15) is 5.69 Å². The van der Waals surface area contributed by atoms with Gasteiger partial charge in [-0.3, -0.25) is 24.0 Å². The minimum atomic E-state index is -0.0920. The van der Waals surface area contributed by atoms with Gasteiger partial charge in [0.05, 0.1) is 5.69 Å². The summed E-state index contributed by atoms with van der Waals surface area (Å²) in [5.74, 6) is -0.0792. The Morgan fingerprint density at radius 1 is 1.15 bits per heavy atom. The molecule has 0 saturated heterocycles. The highest BCUT2D eigenvalue weighted by molar-refractivity contribution is 5.92. The van der Waals surface area contributed by atoms with Crippen molar-refractivity contribution in [3.05, 3.63) is 92.4 Å². The highest BCUT2D eigenvalue weighted by Crippen LogP contribution is 2.30. The number of nitrogens with zero attached hydrogens (tertiary/aromatic N) is 5. The van der Waals surface area contributed by atoms with E-state index in [4.69, 9.17) is 0 Å². The van der Waals surface area contributed by atoms with Crippen LogP contribution in [0.2, 0.25) is 0 Å². The van der Waals surface area contributed by atoms with Crippen molar-refractivity contribution in [1.29, 1.82) is 0 Å². The number of anilines is 1. The molecule has 1 amide bonds. The maximum atomic E-state index is 12.9. The van der Waals surface area contributed by atoms with E-state index in [9.17, 15) is 9.59 Å². The molecule has 0 saturated carbocycles. The van der Waals surface area contributed by atoms with Crippen LogP contribution in [-0.4, -0.2) is 70.5 Å². The number of carbonyl (C=O) groups excluding carboxylic acids is 1. The molecule has 1 N–H and O–H groups in total. The van der Waals surface area contributed by atoms with E-state index >= 15 is 0 Å². The smallest absolute Gasteiger partial charge is 0.271 e. The summed E-state index contributed by atoms with van der Waals surface area (Å²) in [4.78, 5) is 38.4. The Balaban J connectivity index is 1.57. The molecule has 8 heteroatoms. The van der Waals surface area contributed by atoms with Crippen LogP contribution in [0, 0.1) is 20.8 Å². The van der Waals surface area contributed by atoms with Crippen molar-refractivity contribution in [2.75, 3.05) is 39.5 Å². The number of carbonyl (C=O) groups is 1. The van der Waals surface area contributed by atoms with E-state index in [1.54, 1.807) is 49.1 Å². The van der Waals surface area contributed by atoms with Crippen LogP contribution in [0.25, 0.3) is 17.3 Å². The topological polar surface area (TPSA) is 83.4 Å². The first-order valence-corrected chi connectivity index (χ1v) is 13.7. The van der Waals surface area contributed by atoms with E-state index in [-0.39, 0.29) is 17.5 Å². The molecule has 210 valence electrons. The van der Waals surface area contributed by atoms with Gasteiger partial charge in [0.15, 0.2) is 0 Å². The first kappa shape index (κ1) is 29.0. The number of aromatic nitrogens is 3. The van der Waals surface area contributed by atoms with E-state index in [0.29, 0.717) is 5.69 Å². The fourth-order valence-corrected chi connectivity index (χ4v) is 5.34. The number of nitrogens with one attached hydrogen (secondary N) is 1. The van der Waals surface area contributed by atoms with Crippen LogP contribution in [0.4, 0.5) is 5.69 Å². The summed E-state index contributed by atoms with van der Waals surface area (Å²) in [5, 5.41) is 3.02. The van der Waals surface area contributed by atoms with Crippen molar-refractivity contribution in [3.8, 4) is 5.69 Å². The van der Waals surface area contributed by atoms with E-state index < -0.39 is 0 Å². The molecule has 8 nitrogen and oxygen atoms in total. The summed E-state index contributed by atoms with van der Waals surface area (Å²) in [6.45, 7) is 12.1. The summed E-state index contributed by atoms with van der Waals surface area (Å²) in [6, 6.07) is 7.49. The van der Waals surface area contributed by atoms with Gasteiger partial charge < -0.3 is 10.2 Å². The van der Waals surface area contributed by atoms with Gasteiger partial charge in [0, 0.05) is 86.9 Å². The van der Waals surface area contributed by atoms with Gasteiger partial charge in [0.2, 0.25) is 0 Å². The molecule has 1 atom stereocenters. The Morgan fingerprint density at radius 2 is 1.90 bits per heavy atom. The Hall–Kier alpha value is -4.04. The molecule has 4 rings (SSSR count). The summed E-state index contributed by atoms with van der Waals surface area (Å²) < 4.78 is 1.67. The van der Waals surface area contributed by atoms with Crippen LogP contribution in [0.3, 0.4) is 0 Å². The third-order valence-electron chi connectivity index (χ3n) is 7.80. The number of hydrogen-bond donors (Lipinski definition) is 1. The van der Waals surface area contributed by atoms with Crippen molar-refractivity contribution in [3.63, 3.8) is 0 Å². The number of hydrogen-bond acceptors (Lipinski definition) is 6. The zero-order chi connectivity index (χ0) is 29.1.